The lowest BCUT2D eigenvalue weighted by molar-refractivity contribution is -0.138. The van der Waals surface area contributed by atoms with Crippen LogP contribution in [0.5, 0.6) is 0 Å². The van der Waals surface area contributed by atoms with Gasteiger partial charge >= 0.3 is 5.97 Å². The van der Waals surface area contributed by atoms with Gasteiger partial charge in [-0.15, -0.1) is 0 Å². The fourth-order valence-corrected chi connectivity index (χ4v) is 2.24. The molecule has 0 bridgehead atoms. The highest BCUT2D eigenvalue weighted by molar-refractivity contribution is 5.67. The van der Waals surface area contributed by atoms with Crippen LogP contribution in [0.15, 0.2) is 18.2 Å². The van der Waals surface area contributed by atoms with Crippen LogP contribution in [0.4, 0.5) is 0 Å². The first-order chi connectivity index (χ1) is 9.45. The van der Waals surface area contributed by atoms with Crippen molar-refractivity contribution in [3.05, 3.63) is 34.9 Å². The van der Waals surface area contributed by atoms with Crippen molar-refractivity contribution in [2.24, 2.45) is 0 Å². The second-order valence-corrected chi connectivity index (χ2v) is 5.32. The molecule has 4 heteroatoms. The van der Waals surface area contributed by atoms with Crippen molar-refractivity contribution in [2.75, 3.05) is 6.54 Å². The zero-order chi connectivity index (χ0) is 15.1. The molecule has 1 rings (SSSR count). The minimum Gasteiger partial charge on any atom is -0.481 e. The van der Waals surface area contributed by atoms with Gasteiger partial charge in [-0.2, -0.15) is 0 Å². The molecule has 0 aromatic heterocycles. The number of benzene rings is 1. The maximum Gasteiger partial charge on any atom is 0.305 e. The highest BCUT2D eigenvalue weighted by atomic mass is 16.4. The van der Waals surface area contributed by atoms with E-state index in [1.807, 2.05) is 32.0 Å². The largest absolute Gasteiger partial charge is 0.481 e. The van der Waals surface area contributed by atoms with Crippen molar-refractivity contribution < 1.29 is 15.0 Å². The number of carboxylic acids is 1. The quantitative estimate of drug-likeness (QED) is 0.640. The van der Waals surface area contributed by atoms with Gasteiger partial charge in [-0.05, 0) is 37.9 Å². The third-order valence-corrected chi connectivity index (χ3v) is 3.47. The van der Waals surface area contributed by atoms with E-state index in [4.69, 9.17) is 5.11 Å². The lowest BCUT2D eigenvalue weighted by Gasteiger charge is -2.24. The van der Waals surface area contributed by atoms with Crippen molar-refractivity contribution in [1.29, 1.82) is 0 Å². The first kappa shape index (κ1) is 16.7. The van der Waals surface area contributed by atoms with Crippen LogP contribution in [0.2, 0.25) is 0 Å². The van der Waals surface area contributed by atoms with Crippen LogP contribution < -0.4 is 5.32 Å². The van der Waals surface area contributed by atoms with Crippen molar-refractivity contribution in [3.8, 4) is 0 Å². The summed E-state index contributed by atoms with van der Waals surface area (Å²) in [5.74, 6) is -0.900. The Hall–Kier alpha value is -1.39. The Morgan fingerprint density at radius 3 is 2.65 bits per heavy atom. The summed E-state index contributed by atoms with van der Waals surface area (Å²) < 4.78 is 0. The SMILES string of the molecule is CCCCNC(CC(=O)O)C(O)c1cc(C)ccc1C. The molecule has 0 aliphatic heterocycles. The van der Waals surface area contributed by atoms with Crippen LogP contribution in [-0.4, -0.2) is 28.8 Å². The molecule has 0 saturated heterocycles. The number of carboxylic acid groups (broad SMARTS) is 1. The van der Waals surface area contributed by atoms with Gasteiger partial charge in [0, 0.05) is 6.04 Å². The minimum atomic E-state index is -0.900. The molecule has 20 heavy (non-hydrogen) atoms. The number of aliphatic hydroxyl groups is 1. The van der Waals surface area contributed by atoms with Gasteiger partial charge in [0.2, 0.25) is 0 Å². The number of rotatable bonds is 8. The van der Waals surface area contributed by atoms with Crippen LogP contribution in [-0.2, 0) is 4.79 Å². The first-order valence-electron chi connectivity index (χ1n) is 7.16. The van der Waals surface area contributed by atoms with Gasteiger partial charge in [0.05, 0.1) is 12.5 Å². The molecule has 1 aromatic rings. The first-order valence-corrected chi connectivity index (χ1v) is 7.16. The van der Waals surface area contributed by atoms with E-state index in [0.717, 1.165) is 36.1 Å². The maximum atomic E-state index is 11.0. The van der Waals surface area contributed by atoms with Crippen molar-refractivity contribution in [2.45, 2.75) is 52.2 Å². The molecule has 3 N–H and O–H groups in total. The summed E-state index contributed by atoms with van der Waals surface area (Å²) in [4.78, 5) is 11.0. The Kier molecular flexibility index (Phi) is 6.68. The van der Waals surface area contributed by atoms with E-state index < -0.39 is 18.1 Å². The average Bonchev–Trinajstić information content (AvgIpc) is 2.39. The highest BCUT2D eigenvalue weighted by Gasteiger charge is 2.24. The van der Waals surface area contributed by atoms with Crippen LogP contribution >= 0.6 is 0 Å². The molecule has 4 nitrogen and oxygen atoms in total. The number of carbonyl (C=O) groups is 1. The van der Waals surface area contributed by atoms with Gasteiger partial charge in [0.25, 0.3) is 0 Å². The highest BCUT2D eigenvalue weighted by Crippen LogP contribution is 2.23. The summed E-state index contributed by atoms with van der Waals surface area (Å²) in [6.45, 7) is 6.69. The van der Waals surface area contributed by atoms with E-state index >= 15 is 0 Å². The lowest BCUT2D eigenvalue weighted by atomic mass is 9.94. The summed E-state index contributed by atoms with van der Waals surface area (Å²) in [6.07, 6.45) is 1.11. The van der Waals surface area contributed by atoms with Crippen LogP contribution in [0.3, 0.4) is 0 Å². The molecular formula is C16H25NO3. The van der Waals surface area contributed by atoms with Crippen LogP contribution in [0.25, 0.3) is 0 Å². The number of aliphatic hydroxyl groups excluding tert-OH is 1. The molecule has 0 aliphatic carbocycles. The number of aliphatic carboxylic acids is 1. The normalized spacial score (nSPS) is 14.0. The monoisotopic (exact) mass is 279 g/mol. The molecule has 2 atom stereocenters. The standard InChI is InChI=1S/C16H25NO3/c1-4-5-8-17-14(10-15(18)19)16(20)13-9-11(2)6-7-12(13)3/h6-7,9,14,16-17,20H,4-5,8,10H2,1-3H3,(H,18,19). The molecule has 0 aliphatic rings. The van der Waals surface area contributed by atoms with Crippen molar-refractivity contribution >= 4 is 5.97 Å². The summed E-state index contributed by atoms with van der Waals surface area (Å²) in [5.41, 5.74) is 2.85. The Morgan fingerprint density at radius 2 is 2.05 bits per heavy atom. The third kappa shape index (κ3) is 4.94. The molecule has 0 spiro atoms. The summed E-state index contributed by atoms with van der Waals surface area (Å²) in [6, 6.07) is 5.41. The predicted octanol–water partition coefficient (Wildman–Crippen LogP) is 2.57. The Balaban J connectivity index is 2.87. The molecule has 112 valence electrons. The fourth-order valence-electron chi connectivity index (χ4n) is 2.24. The van der Waals surface area contributed by atoms with Gasteiger partial charge in [-0.1, -0.05) is 37.1 Å². The van der Waals surface area contributed by atoms with E-state index in [-0.39, 0.29) is 6.42 Å². The topological polar surface area (TPSA) is 69.6 Å². The van der Waals surface area contributed by atoms with Gasteiger partial charge in [-0.3, -0.25) is 4.79 Å². The lowest BCUT2D eigenvalue weighted by Crippen LogP contribution is -2.37. The minimum absolute atomic E-state index is 0.0851. The smallest absolute Gasteiger partial charge is 0.305 e. The van der Waals surface area contributed by atoms with E-state index in [1.165, 1.54) is 0 Å². The second-order valence-electron chi connectivity index (χ2n) is 5.32. The number of aryl methyl sites for hydroxylation is 2. The predicted molar refractivity (Wildman–Crippen MR) is 79.8 cm³/mol. The molecule has 0 fully saturated rings. The van der Waals surface area contributed by atoms with E-state index in [1.54, 1.807) is 0 Å². The molecule has 0 radical (unpaired) electrons. The van der Waals surface area contributed by atoms with E-state index in [9.17, 15) is 9.90 Å². The Morgan fingerprint density at radius 1 is 1.35 bits per heavy atom. The summed E-state index contributed by atoms with van der Waals surface area (Å²) >= 11 is 0. The summed E-state index contributed by atoms with van der Waals surface area (Å²) in [7, 11) is 0. The molecule has 1 aromatic carbocycles. The average molecular weight is 279 g/mol. The Labute approximate surface area is 120 Å². The van der Waals surface area contributed by atoms with E-state index in [2.05, 4.69) is 12.2 Å². The molecule has 0 heterocycles. The number of hydrogen-bond donors (Lipinski definition) is 3. The number of unbranched alkanes of at least 4 members (excludes halogenated alkanes) is 1. The second kappa shape index (κ2) is 8.02. The molecule has 2 unspecified atom stereocenters. The van der Waals surface area contributed by atoms with Crippen molar-refractivity contribution in [1.82, 2.24) is 5.32 Å². The summed E-state index contributed by atoms with van der Waals surface area (Å²) in [5, 5.41) is 22.7. The van der Waals surface area contributed by atoms with E-state index in [0.29, 0.717) is 0 Å². The third-order valence-electron chi connectivity index (χ3n) is 3.47. The van der Waals surface area contributed by atoms with Crippen LogP contribution in [0.1, 0.15) is 49.0 Å². The van der Waals surface area contributed by atoms with Gasteiger partial charge in [-0.25, -0.2) is 0 Å². The van der Waals surface area contributed by atoms with Gasteiger partial charge < -0.3 is 15.5 Å². The molecular weight excluding hydrogens is 254 g/mol. The fraction of sp³-hybridized carbons (Fsp3) is 0.562. The maximum absolute atomic E-state index is 11.0. The molecule has 0 amide bonds. The number of hydrogen-bond acceptors (Lipinski definition) is 3. The van der Waals surface area contributed by atoms with Gasteiger partial charge in [0.15, 0.2) is 0 Å². The van der Waals surface area contributed by atoms with Crippen LogP contribution in [0, 0.1) is 13.8 Å². The number of nitrogens with one attached hydrogen (secondary N) is 1. The molecule has 0 saturated carbocycles. The van der Waals surface area contributed by atoms with Gasteiger partial charge in [0.1, 0.15) is 0 Å². The zero-order valence-corrected chi connectivity index (χ0v) is 12.5. The van der Waals surface area contributed by atoms with Crippen molar-refractivity contribution in [3.63, 3.8) is 0 Å². The Bertz CT molecular complexity index is 445. The zero-order valence-electron chi connectivity index (χ0n) is 12.5.